The molecular weight excluding hydrogens is 579 g/mol. The van der Waals surface area contributed by atoms with Crippen LogP contribution in [0.4, 0.5) is 42.0 Å². The van der Waals surface area contributed by atoms with Crippen LogP contribution in [-0.4, -0.2) is 57.9 Å². The third kappa shape index (κ3) is 8.50. The van der Waals surface area contributed by atoms with Gasteiger partial charge in [-0.3, -0.25) is 4.31 Å². The molecule has 3 aromatic rings. The van der Waals surface area contributed by atoms with Crippen molar-refractivity contribution in [2.45, 2.75) is 45.8 Å². The van der Waals surface area contributed by atoms with Crippen LogP contribution in [0.3, 0.4) is 0 Å². The maximum absolute atomic E-state index is 14.0. The number of benzene rings is 2. The van der Waals surface area contributed by atoms with Crippen LogP contribution < -0.4 is 25.2 Å². The van der Waals surface area contributed by atoms with Crippen molar-refractivity contribution >= 4 is 38.9 Å². The van der Waals surface area contributed by atoms with Gasteiger partial charge in [0.2, 0.25) is 16.0 Å². The molecule has 9 nitrogen and oxygen atoms in total. The van der Waals surface area contributed by atoms with Crippen molar-refractivity contribution in [2.24, 2.45) is 5.92 Å². The summed E-state index contributed by atoms with van der Waals surface area (Å²) in [4.78, 5) is 10.4. The molecule has 1 saturated heterocycles. The largest absolute Gasteiger partial charge is 0.421 e. The summed E-state index contributed by atoms with van der Waals surface area (Å²) < 4.78 is 67.7. The number of alkyl halides is 3. The van der Waals surface area contributed by atoms with Crippen molar-refractivity contribution < 1.29 is 21.6 Å². The number of piperazine rings is 1. The first-order chi connectivity index (χ1) is 20.4. The topological polar surface area (TPSA) is 102 Å². The molecule has 0 aliphatic carbocycles. The summed E-state index contributed by atoms with van der Waals surface area (Å²) in [7, 11) is -2.18. The van der Waals surface area contributed by atoms with Gasteiger partial charge in [-0.05, 0) is 53.8 Å². The number of hydrogen-bond donors (Lipinski definition) is 3. The summed E-state index contributed by atoms with van der Waals surface area (Å²) in [6, 6.07) is 13.0. The summed E-state index contributed by atoms with van der Waals surface area (Å²) in [5, 5.41) is 9.13. The molecule has 1 fully saturated rings. The van der Waals surface area contributed by atoms with E-state index in [1.807, 2.05) is 36.4 Å². The highest BCUT2D eigenvalue weighted by atomic mass is 32.2. The zero-order chi connectivity index (χ0) is 31.2. The molecular formula is C30H40F3N7O2S. The molecule has 3 N–H and O–H groups in total. The van der Waals surface area contributed by atoms with E-state index in [4.69, 9.17) is 0 Å². The maximum atomic E-state index is 14.0. The molecule has 1 aromatic heterocycles. The quantitative estimate of drug-likeness (QED) is 0.240. The number of anilines is 5. The zero-order valence-electron chi connectivity index (χ0n) is 25.0. The van der Waals surface area contributed by atoms with Crippen molar-refractivity contribution in [3.63, 3.8) is 0 Å². The van der Waals surface area contributed by atoms with Gasteiger partial charge in [-0.25, -0.2) is 13.4 Å². The molecule has 0 amide bonds. The van der Waals surface area contributed by atoms with Gasteiger partial charge < -0.3 is 20.9 Å². The lowest BCUT2D eigenvalue weighted by Gasteiger charge is -2.29. The summed E-state index contributed by atoms with van der Waals surface area (Å²) in [6.07, 6.45) is -0.109. The Morgan fingerprint density at radius 1 is 1.07 bits per heavy atom. The van der Waals surface area contributed by atoms with Gasteiger partial charge in [0.1, 0.15) is 11.4 Å². The van der Waals surface area contributed by atoms with E-state index in [1.54, 1.807) is 6.07 Å². The van der Waals surface area contributed by atoms with Crippen LogP contribution in [0.2, 0.25) is 0 Å². The summed E-state index contributed by atoms with van der Waals surface area (Å²) in [5.74, 6) is 0.0414. The Morgan fingerprint density at radius 2 is 1.74 bits per heavy atom. The minimum atomic E-state index is -4.70. The van der Waals surface area contributed by atoms with E-state index in [-0.39, 0.29) is 12.5 Å². The highest BCUT2D eigenvalue weighted by Crippen LogP contribution is 2.35. The minimum Gasteiger partial charge on any atom is -0.369 e. The van der Waals surface area contributed by atoms with Crippen molar-refractivity contribution in [1.29, 1.82) is 0 Å². The molecule has 13 heteroatoms. The van der Waals surface area contributed by atoms with Gasteiger partial charge in [0.15, 0.2) is 0 Å². The zero-order valence-corrected chi connectivity index (χ0v) is 25.8. The average molecular weight is 620 g/mol. The van der Waals surface area contributed by atoms with Crippen LogP contribution in [0.5, 0.6) is 0 Å². The molecule has 0 saturated carbocycles. The smallest absolute Gasteiger partial charge is 0.369 e. The monoisotopic (exact) mass is 619 g/mol. The lowest BCUT2D eigenvalue weighted by atomic mass is 9.93. The molecule has 0 spiro atoms. The Bertz CT molecular complexity index is 1470. The second kappa shape index (κ2) is 13.8. The molecule has 0 radical (unpaired) electrons. The van der Waals surface area contributed by atoms with E-state index in [0.29, 0.717) is 22.9 Å². The number of sulfonamides is 1. The van der Waals surface area contributed by atoms with Gasteiger partial charge in [0.05, 0.1) is 11.9 Å². The summed E-state index contributed by atoms with van der Waals surface area (Å²) in [5.41, 5.74) is 2.59. The van der Waals surface area contributed by atoms with Crippen LogP contribution >= 0.6 is 0 Å². The molecule has 0 unspecified atom stereocenters. The second-order valence-electron chi connectivity index (χ2n) is 10.8. The van der Waals surface area contributed by atoms with Gasteiger partial charge >= 0.3 is 6.18 Å². The van der Waals surface area contributed by atoms with Gasteiger partial charge in [-0.15, -0.1) is 0 Å². The highest BCUT2D eigenvalue weighted by Gasteiger charge is 2.35. The third-order valence-electron chi connectivity index (χ3n) is 7.81. The van der Waals surface area contributed by atoms with Gasteiger partial charge in [-0.1, -0.05) is 38.8 Å². The predicted molar refractivity (Wildman–Crippen MR) is 167 cm³/mol. The van der Waals surface area contributed by atoms with E-state index in [2.05, 4.69) is 44.7 Å². The van der Waals surface area contributed by atoms with Crippen LogP contribution in [0, 0.1) is 5.92 Å². The van der Waals surface area contributed by atoms with Gasteiger partial charge in [-0.2, -0.15) is 18.2 Å². The Hall–Kier alpha value is -3.58. The molecule has 2 heterocycles. The molecule has 2 aromatic carbocycles. The Morgan fingerprint density at radius 3 is 2.35 bits per heavy atom. The number of nitrogens with one attached hydrogen (secondary N) is 3. The van der Waals surface area contributed by atoms with Crippen LogP contribution in [0.25, 0.3) is 0 Å². The Kier molecular flexibility index (Phi) is 10.4. The normalized spacial score (nSPS) is 14.2. The Labute approximate surface area is 252 Å². The van der Waals surface area contributed by atoms with Crippen molar-refractivity contribution in [2.75, 3.05) is 59.3 Å². The first kappa shape index (κ1) is 32.3. The maximum Gasteiger partial charge on any atom is 0.421 e. The number of hydrogen-bond acceptors (Lipinski definition) is 8. The number of rotatable bonds is 12. The second-order valence-corrected chi connectivity index (χ2v) is 12.8. The number of halogens is 3. The predicted octanol–water partition coefficient (Wildman–Crippen LogP) is 5.64. The molecule has 1 aliphatic heterocycles. The van der Waals surface area contributed by atoms with Crippen molar-refractivity contribution in [3.8, 4) is 0 Å². The Balaban J connectivity index is 1.60. The minimum absolute atomic E-state index is 0.00128. The van der Waals surface area contributed by atoms with Crippen molar-refractivity contribution in [3.05, 3.63) is 65.4 Å². The molecule has 0 bridgehead atoms. The fourth-order valence-corrected chi connectivity index (χ4v) is 5.61. The summed E-state index contributed by atoms with van der Waals surface area (Å²) >= 11 is 0. The van der Waals surface area contributed by atoms with E-state index in [1.165, 1.54) is 7.05 Å². The first-order valence-electron chi connectivity index (χ1n) is 14.5. The van der Waals surface area contributed by atoms with E-state index < -0.39 is 27.6 Å². The molecule has 1 aliphatic rings. The van der Waals surface area contributed by atoms with Crippen molar-refractivity contribution in [1.82, 2.24) is 15.3 Å². The number of nitrogens with zero attached hydrogens (tertiary/aromatic N) is 4. The lowest BCUT2D eigenvalue weighted by molar-refractivity contribution is -0.137. The molecule has 234 valence electrons. The first-order valence-corrected chi connectivity index (χ1v) is 16.3. The number of aromatic nitrogens is 2. The molecule has 4 rings (SSSR count). The van der Waals surface area contributed by atoms with Crippen LogP contribution in [0.1, 0.15) is 43.4 Å². The molecule has 0 atom stereocenters. The average Bonchev–Trinajstić information content (AvgIpc) is 2.98. The highest BCUT2D eigenvalue weighted by molar-refractivity contribution is 7.92. The van der Waals surface area contributed by atoms with Gasteiger partial charge in [0, 0.05) is 57.3 Å². The SMILES string of the molecule is CCC(CC)Cc1ccc(N(C)S(C)(=O)=O)c(CNc2nc(Nc3ccc(N4CCNCC4)cc3)ncc2C(F)(F)F)c1. The standard InChI is InChI=1S/C30H40F3N7O2S/c1-5-21(6-2)17-22-7-12-27(39(3)43(4,41)42)23(18-22)19-35-28-26(30(31,32)33)20-36-29(38-28)37-24-8-10-25(11-9-24)40-15-13-34-14-16-40/h7-12,18,20-21,34H,5-6,13-17,19H2,1-4H3,(H2,35,36,37,38). The lowest BCUT2D eigenvalue weighted by Crippen LogP contribution is -2.43. The van der Waals surface area contributed by atoms with E-state index >= 15 is 0 Å². The van der Waals surface area contributed by atoms with Crippen LogP contribution in [0.15, 0.2) is 48.7 Å². The van der Waals surface area contributed by atoms with Gasteiger partial charge in [0.25, 0.3) is 0 Å². The van der Waals surface area contributed by atoms with E-state index in [9.17, 15) is 21.6 Å². The fourth-order valence-electron chi connectivity index (χ4n) is 5.07. The third-order valence-corrected chi connectivity index (χ3v) is 9.00. The van der Waals surface area contributed by atoms with Crippen LogP contribution in [-0.2, 0) is 29.2 Å². The molecule has 43 heavy (non-hydrogen) atoms. The van der Waals surface area contributed by atoms with E-state index in [0.717, 1.165) is 73.5 Å². The fraction of sp³-hybridized carbons (Fsp3) is 0.467. The summed E-state index contributed by atoms with van der Waals surface area (Å²) in [6.45, 7) is 7.75.